The van der Waals surface area contributed by atoms with Crippen LogP contribution in [-0.4, -0.2) is 51.8 Å². The fourth-order valence-corrected chi connectivity index (χ4v) is 5.07. The highest BCUT2D eigenvalue weighted by Gasteiger charge is 2.35. The second-order valence-corrected chi connectivity index (χ2v) is 10.5. The number of aliphatic hydroxyl groups is 1. The summed E-state index contributed by atoms with van der Waals surface area (Å²) in [5.74, 6) is -0.645. The number of hydrogen-bond acceptors (Lipinski definition) is 8. The molecule has 3 atom stereocenters. The van der Waals surface area contributed by atoms with Gasteiger partial charge in [-0.25, -0.2) is 15.1 Å². The molecule has 10 nitrogen and oxygen atoms in total. The van der Waals surface area contributed by atoms with E-state index in [0.717, 1.165) is 10.0 Å². The largest absolute Gasteiger partial charge is 0.393 e. The minimum Gasteiger partial charge on any atom is -0.393 e. The van der Waals surface area contributed by atoms with Crippen LogP contribution >= 0.6 is 15.9 Å². The molecule has 34 heavy (non-hydrogen) atoms. The van der Waals surface area contributed by atoms with Gasteiger partial charge in [0.1, 0.15) is 12.0 Å². The number of ketones is 1. The van der Waals surface area contributed by atoms with Gasteiger partial charge in [0.2, 0.25) is 5.78 Å². The number of nitrogens with two attached hydrogens (primary N) is 1. The number of aromatic nitrogens is 4. The highest BCUT2D eigenvalue weighted by molar-refractivity contribution is 9.10. The molecule has 0 saturated heterocycles. The Labute approximate surface area is 205 Å². The summed E-state index contributed by atoms with van der Waals surface area (Å²) >= 11 is 3.45. The summed E-state index contributed by atoms with van der Waals surface area (Å²) in [6.07, 6.45) is 5.29. The Morgan fingerprint density at radius 1 is 1.29 bits per heavy atom. The van der Waals surface area contributed by atoms with Crippen LogP contribution in [0.15, 0.2) is 53.5 Å². The molecule has 0 bridgehead atoms. The first kappa shape index (κ1) is 24.6. The maximum atomic E-state index is 13.2. The third-order valence-electron chi connectivity index (χ3n) is 5.83. The zero-order valence-corrected chi connectivity index (χ0v) is 20.5. The van der Waals surface area contributed by atoms with Gasteiger partial charge in [-0.2, -0.15) is 13.5 Å². The fraction of sp³-hybridized carbons (Fsp3) is 0.364. The molecule has 1 aromatic carbocycles. The van der Waals surface area contributed by atoms with Crippen LogP contribution in [0.25, 0.3) is 0 Å². The Bertz CT molecular complexity index is 1280. The lowest BCUT2D eigenvalue weighted by Crippen LogP contribution is -2.24. The van der Waals surface area contributed by atoms with Crippen molar-refractivity contribution >= 4 is 32.0 Å². The first-order valence-electron chi connectivity index (χ1n) is 10.6. The molecular formula is C22H24BrN5O5S. The van der Waals surface area contributed by atoms with Crippen LogP contribution in [0.1, 0.15) is 40.2 Å². The molecule has 1 fully saturated rings. The maximum Gasteiger partial charge on any atom is 0.333 e. The van der Waals surface area contributed by atoms with Gasteiger partial charge >= 0.3 is 10.3 Å². The lowest BCUT2D eigenvalue weighted by atomic mass is 9.96. The van der Waals surface area contributed by atoms with E-state index in [1.807, 2.05) is 24.3 Å². The van der Waals surface area contributed by atoms with Crippen molar-refractivity contribution < 1.29 is 22.5 Å². The standard InChI is InChI=1S/C22H24BrN5O5S/c23-17-3-1-2-14(7-17)11-28-5-4-19(27-28)22(30)18-10-25-13-26-20(18)8-15-6-16(21(29)9-15)12-33-34(24,31)32/h1-5,7,10,13,15-16,21,29H,6,8-9,11-12H2,(H2,24,31,32)/t15-,16+,21-/m0/s1. The summed E-state index contributed by atoms with van der Waals surface area (Å²) in [7, 11) is -4.07. The fourth-order valence-electron chi connectivity index (χ4n) is 4.26. The molecule has 2 heterocycles. The summed E-state index contributed by atoms with van der Waals surface area (Å²) in [6, 6.07) is 9.51. The lowest BCUT2D eigenvalue weighted by molar-refractivity contribution is 0.100. The van der Waals surface area contributed by atoms with E-state index in [1.165, 1.54) is 12.5 Å². The summed E-state index contributed by atoms with van der Waals surface area (Å²) in [6.45, 7) is 0.342. The first-order chi connectivity index (χ1) is 16.2. The molecule has 1 aliphatic carbocycles. The minimum atomic E-state index is -4.07. The van der Waals surface area contributed by atoms with Crippen molar-refractivity contribution in [1.29, 1.82) is 0 Å². The van der Waals surface area contributed by atoms with Crippen LogP contribution in [0.4, 0.5) is 0 Å². The van der Waals surface area contributed by atoms with Crippen LogP contribution in [0.5, 0.6) is 0 Å². The van der Waals surface area contributed by atoms with E-state index in [9.17, 15) is 18.3 Å². The van der Waals surface area contributed by atoms with E-state index in [0.29, 0.717) is 37.1 Å². The molecule has 1 saturated carbocycles. The van der Waals surface area contributed by atoms with Crippen molar-refractivity contribution in [2.24, 2.45) is 17.0 Å². The third kappa shape index (κ3) is 6.33. The number of nitrogens with zero attached hydrogens (tertiary/aromatic N) is 4. The zero-order chi connectivity index (χ0) is 24.3. The molecule has 0 spiro atoms. The first-order valence-corrected chi connectivity index (χ1v) is 12.9. The second kappa shape index (κ2) is 10.4. The van der Waals surface area contributed by atoms with Crippen molar-refractivity contribution in [3.63, 3.8) is 0 Å². The van der Waals surface area contributed by atoms with Crippen molar-refractivity contribution in [3.8, 4) is 0 Å². The van der Waals surface area contributed by atoms with E-state index in [4.69, 9.17) is 5.14 Å². The summed E-state index contributed by atoms with van der Waals surface area (Å²) in [5, 5.41) is 19.6. The average molecular weight is 550 g/mol. The second-order valence-electron chi connectivity index (χ2n) is 8.39. The molecule has 3 N–H and O–H groups in total. The van der Waals surface area contributed by atoms with Crippen molar-refractivity contribution in [1.82, 2.24) is 19.7 Å². The molecule has 0 radical (unpaired) electrons. The van der Waals surface area contributed by atoms with Crippen LogP contribution in [-0.2, 0) is 27.5 Å². The van der Waals surface area contributed by atoms with Gasteiger partial charge in [-0.15, -0.1) is 0 Å². The van der Waals surface area contributed by atoms with E-state index in [-0.39, 0.29) is 29.9 Å². The molecule has 1 aliphatic rings. The van der Waals surface area contributed by atoms with Gasteiger partial charge in [-0.1, -0.05) is 28.1 Å². The van der Waals surface area contributed by atoms with E-state index < -0.39 is 16.4 Å². The van der Waals surface area contributed by atoms with E-state index in [2.05, 4.69) is 35.2 Å². The van der Waals surface area contributed by atoms with E-state index in [1.54, 1.807) is 16.9 Å². The quantitative estimate of drug-likeness (QED) is 0.384. The van der Waals surface area contributed by atoms with Gasteiger partial charge in [-0.3, -0.25) is 13.7 Å². The van der Waals surface area contributed by atoms with E-state index >= 15 is 0 Å². The Morgan fingerprint density at radius 2 is 2.12 bits per heavy atom. The highest BCUT2D eigenvalue weighted by Crippen LogP contribution is 2.34. The smallest absolute Gasteiger partial charge is 0.333 e. The molecule has 3 aromatic rings. The summed E-state index contributed by atoms with van der Waals surface area (Å²) in [4.78, 5) is 21.5. The van der Waals surface area contributed by atoms with Gasteiger partial charge in [-0.05, 0) is 48.9 Å². The number of carbonyl (C=O) groups excluding carboxylic acids is 1. The van der Waals surface area contributed by atoms with Crippen molar-refractivity contribution in [3.05, 3.63) is 76.0 Å². The number of rotatable bonds is 9. The SMILES string of the molecule is NS(=O)(=O)OC[C@H]1C[C@@H](Cc2ncncc2C(=O)c2ccn(Cc3cccc(Br)c3)n2)C[C@@H]1O. The maximum absolute atomic E-state index is 13.2. The molecular weight excluding hydrogens is 526 g/mol. The molecule has 0 unspecified atom stereocenters. The molecule has 2 aromatic heterocycles. The lowest BCUT2D eigenvalue weighted by Gasteiger charge is -2.13. The number of carbonyl (C=O) groups is 1. The van der Waals surface area contributed by atoms with Crippen LogP contribution in [0.3, 0.4) is 0 Å². The molecule has 12 heteroatoms. The molecule has 4 rings (SSSR count). The normalized spacial score (nSPS) is 20.5. The monoisotopic (exact) mass is 549 g/mol. The Kier molecular flexibility index (Phi) is 7.53. The number of aliphatic hydroxyl groups excluding tert-OH is 1. The van der Waals surface area contributed by atoms with Crippen molar-refractivity contribution in [2.45, 2.75) is 31.9 Å². The Balaban J connectivity index is 1.44. The van der Waals surface area contributed by atoms with Crippen LogP contribution in [0.2, 0.25) is 0 Å². The predicted octanol–water partition coefficient (Wildman–Crippen LogP) is 1.86. The molecule has 0 aliphatic heterocycles. The van der Waals surface area contributed by atoms with Crippen LogP contribution < -0.4 is 5.14 Å². The van der Waals surface area contributed by atoms with Gasteiger partial charge in [0.05, 0.1) is 30.5 Å². The molecule has 180 valence electrons. The Morgan fingerprint density at radius 3 is 2.88 bits per heavy atom. The minimum absolute atomic E-state index is 0.000358. The van der Waals surface area contributed by atoms with Gasteiger partial charge in [0, 0.05) is 22.8 Å². The van der Waals surface area contributed by atoms with Gasteiger partial charge < -0.3 is 5.11 Å². The zero-order valence-electron chi connectivity index (χ0n) is 18.1. The topological polar surface area (TPSA) is 150 Å². The number of benzene rings is 1. The van der Waals surface area contributed by atoms with Gasteiger partial charge in [0.15, 0.2) is 0 Å². The van der Waals surface area contributed by atoms with Gasteiger partial charge in [0.25, 0.3) is 0 Å². The third-order valence-corrected chi connectivity index (χ3v) is 6.79. The summed E-state index contributed by atoms with van der Waals surface area (Å²) in [5.41, 5.74) is 2.25. The summed E-state index contributed by atoms with van der Waals surface area (Å²) < 4.78 is 29.4. The number of halogens is 1. The van der Waals surface area contributed by atoms with Crippen LogP contribution in [0, 0.1) is 11.8 Å². The average Bonchev–Trinajstić information content (AvgIpc) is 3.38. The van der Waals surface area contributed by atoms with Crippen molar-refractivity contribution in [2.75, 3.05) is 6.61 Å². The molecule has 0 amide bonds. The number of hydrogen-bond donors (Lipinski definition) is 2. The Hall–Kier alpha value is -2.51. The highest BCUT2D eigenvalue weighted by atomic mass is 79.9. The predicted molar refractivity (Wildman–Crippen MR) is 126 cm³/mol.